The number of anilines is 1. The third-order valence-electron chi connectivity index (χ3n) is 3.12. The van der Waals surface area contributed by atoms with E-state index in [1.165, 1.54) is 6.08 Å². The Morgan fingerprint density at radius 3 is 2.50 bits per heavy atom. The highest BCUT2D eigenvalue weighted by Gasteiger charge is 1.99. The summed E-state index contributed by atoms with van der Waals surface area (Å²) < 4.78 is 5.59. The molecule has 22 heavy (non-hydrogen) atoms. The van der Waals surface area contributed by atoms with Crippen LogP contribution in [-0.2, 0) is 4.79 Å². The molecule has 2 aromatic carbocycles. The second kappa shape index (κ2) is 8.67. The lowest BCUT2D eigenvalue weighted by atomic mass is 10.2. The highest BCUT2D eigenvalue weighted by atomic mass is 16.5. The predicted octanol–water partition coefficient (Wildman–Crippen LogP) is 4.52. The van der Waals surface area contributed by atoms with Gasteiger partial charge in [-0.25, -0.2) is 0 Å². The lowest BCUT2D eigenvalue weighted by molar-refractivity contribution is -0.111. The smallest absolute Gasteiger partial charge is 0.248 e. The van der Waals surface area contributed by atoms with Gasteiger partial charge < -0.3 is 10.1 Å². The minimum atomic E-state index is -0.150. The average molecular weight is 295 g/mol. The number of hydrogen-bond donors (Lipinski definition) is 1. The zero-order chi connectivity index (χ0) is 15.6. The summed E-state index contributed by atoms with van der Waals surface area (Å²) in [7, 11) is 0. The molecule has 0 saturated carbocycles. The molecule has 0 bridgehead atoms. The third kappa shape index (κ3) is 5.44. The second-order valence-electron chi connectivity index (χ2n) is 4.96. The van der Waals surface area contributed by atoms with Gasteiger partial charge in [-0.2, -0.15) is 0 Å². The van der Waals surface area contributed by atoms with Gasteiger partial charge in [-0.3, -0.25) is 4.79 Å². The van der Waals surface area contributed by atoms with Gasteiger partial charge in [0.1, 0.15) is 5.75 Å². The molecular weight excluding hydrogens is 274 g/mol. The first-order chi connectivity index (χ1) is 10.8. The summed E-state index contributed by atoms with van der Waals surface area (Å²) in [5, 5.41) is 2.83. The SMILES string of the molecule is CCCCOc1ccc(NC(=O)/C=C/c2ccccc2)cc1. The van der Waals surface area contributed by atoms with Crippen LogP contribution in [0.5, 0.6) is 5.75 Å². The van der Waals surface area contributed by atoms with Crippen LogP contribution in [-0.4, -0.2) is 12.5 Å². The molecule has 3 nitrogen and oxygen atoms in total. The third-order valence-corrected chi connectivity index (χ3v) is 3.12. The van der Waals surface area contributed by atoms with Crippen molar-refractivity contribution in [1.82, 2.24) is 0 Å². The molecule has 2 rings (SSSR count). The fraction of sp³-hybridized carbons (Fsp3) is 0.211. The van der Waals surface area contributed by atoms with Crippen LogP contribution in [0.15, 0.2) is 60.7 Å². The van der Waals surface area contributed by atoms with Crippen LogP contribution in [0.1, 0.15) is 25.3 Å². The normalized spacial score (nSPS) is 10.6. The molecule has 3 heteroatoms. The molecule has 2 aromatic rings. The highest BCUT2D eigenvalue weighted by molar-refractivity contribution is 6.01. The average Bonchev–Trinajstić information content (AvgIpc) is 2.56. The lowest BCUT2D eigenvalue weighted by Crippen LogP contribution is -2.07. The lowest BCUT2D eigenvalue weighted by Gasteiger charge is -2.06. The Bertz CT molecular complexity index is 603. The summed E-state index contributed by atoms with van der Waals surface area (Å²) >= 11 is 0. The van der Waals surface area contributed by atoms with Crippen molar-refractivity contribution in [1.29, 1.82) is 0 Å². The number of amides is 1. The van der Waals surface area contributed by atoms with E-state index in [2.05, 4.69) is 12.2 Å². The number of rotatable bonds is 7. The Kier molecular flexibility index (Phi) is 6.24. The summed E-state index contributed by atoms with van der Waals surface area (Å²) in [6, 6.07) is 17.1. The van der Waals surface area contributed by atoms with Crippen LogP contribution in [0.25, 0.3) is 6.08 Å². The van der Waals surface area contributed by atoms with E-state index >= 15 is 0 Å². The van der Waals surface area contributed by atoms with Crippen molar-refractivity contribution in [3.63, 3.8) is 0 Å². The predicted molar refractivity (Wildman–Crippen MR) is 91.0 cm³/mol. The monoisotopic (exact) mass is 295 g/mol. The van der Waals surface area contributed by atoms with Crippen molar-refractivity contribution in [3.8, 4) is 5.75 Å². The Balaban J connectivity index is 1.85. The van der Waals surface area contributed by atoms with Crippen LogP contribution >= 0.6 is 0 Å². The summed E-state index contributed by atoms with van der Waals surface area (Å²) in [4.78, 5) is 11.9. The molecule has 0 saturated heterocycles. The highest BCUT2D eigenvalue weighted by Crippen LogP contribution is 2.16. The Morgan fingerprint density at radius 2 is 1.82 bits per heavy atom. The van der Waals surface area contributed by atoms with E-state index in [-0.39, 0.29) is 5.91 Å². The molecular formula is C19H21NO2. The zero-order valence-electron chi connectivity index (χ0n) is 12.8. The van der Waals surface area contributed by atoms with E-state index in [1.807, 2.05) is 54.6 Å². The van der Waals surface area contributed by atoms with Crippen LogP contribution in [0.2, 0.25) is 0 Å². The number of unbranched alkanes of at least 4 members (excludes halogenated alkanes) is 1. The molecule has 0 atom stereocenters. The number of benzene rings is 2. The fourth-order valence-electron chi connectivity index (χ4n) is 1.89. The minimum Gasteiger partial charge on any atom is -0.494 e. The summed E-state index contributed by atoms with van der Waals surface area (Å²) in [5.41, 5.74) is 1.75. The van der Waals surface area contributed by atoms with Gasteiger partial charge in [-0.05, 0) is 42.3 Å². The molecule has 114 valence electrons. The van der Waals surface area contributed by atoms with Crippen LogP contribution in [0.3, 0.4) is 0 Å². The molecule has 0 aromatic heterocycles. The number of hydrogen-bond acceptors (Lipinski definition) is 2. The first-order valence-electron chi connectivity index (χ1n) is 7.55. The topological polar surface area (TPSA) is 38.3 Å². The van der Waals surface area contributed by atoms with Crippen LogP contribution < -0.4 is 10.1 Å². The van der Waals surface area contributed by atoms with Gasteiger partial charge in [0.2, 0.25) is 5.91 Å². The molecule has 0 fully saturated rings. The second-order valence-corrected chi connectivity index (χ2v) is 4.96. The Labute approximate surface area is 131 Å². The molecule has 0 aliphatic rings. The molecule has 1 N–H and O–H groups in total. The van der Waals surface area contributed by atoms with Crippen LogP contribution in [0.4, 0.5) is 5.69 Å². The maximum Gasteiger partial charge on any atom is 0.248 e. The Hall–Kier alpha value is -2.55. The first kappa shape index (κ1) is 15.8. The summed E-state index contributed by atoms with van der Waals surface area (Å²) in [6.45, 7) is 2.85. The van der Waals surface area contributed by atoms with Crippen molar-refractivity contribution in [2.45, 2.75) is 19.8 Å². The van der Waals surface area contributed by atoms with Gasteiger partial charge in [0.15, 0.2) is 0 Å². The molecule has 0 heterocycles. The maximum absolute atomic E-state index is 11.9. The van der Waals surface area contributed by atoms with Gasteiger partial charge in [0.25, 0.3) is 0 Å². The van der Waals surface area contributed by atoms with Crippen molar-refractivity contribution in [2.24, 2.45) is 0 Å². The van der Waals surface area contributed by atoms with E-state index in [4.69, 9.17) is 4.74 Å². The van der Waals surface area contributed by atoms with Crippen LogP contribution in [0, 0.1) is 0 Å². The van der Waals surface area contributed by atoms with Crippen molar-refractivity contribution >= 4 is 17.7 Å². The molecule has 0 aliphatic heterocycles. The standard InChI is InChI=1S/C19H21NO2/c1-2-3-15-22-18-12-10-17(11-13-18)20-19(21)14-9-16-7-5-4-6-8-16/h4-14H,2-3,15H2,1H3,(H,20,21)/b14-9+. The summed E-state index contributed by atoms with van der Waals surface area (Å²) in [5.74, 6) is 0.676. The van der Waals surface area contributed by atoms with E-state index in [0.717, 1.165) is 36.4 Å². The van der Waals surface area contributed by atoms with Gasteiger partial charge >= 0.3 is 0 Å². The van der Waals surface area contributed by atoms with Gasteiger partial charge in [-0.1, -0.05) is 43.7 Å². The van der Waals surface area contributed by atoms with Gasteiger partial charge in [-0.15, -0.1) is 0 Å². The summed E-state index contributed by atoms with van der Waals surface area (Å²) in [6.07, 6.45) is 5.48. The van der Waals surface area contributed by atoms with E-state index in [0.29, 0.717) is 0 Å². The molecule has 0 unspecified atom stereocenters. The Morgan fingerprint density at radius 1 is 1.09 bits per heavy atom. The van der Waals surface area contributed by atoms with Crippen molar-refractivity contribution in [2.75, 3.05) is 11.9 Å². The number of ether oxygens (including phenoxy) is 1. The number of nitrogens with one attached hydrogen (secondary N) is 1. The molecule has 0 spiro atoms. The molecule has 1 amide bonds. The zero-order valence-corrected chi connectivity index (χ0v) is 12.8. The van der Waals surface area contributed by atoms with Gasteiger partial charge in [0.05, 0.1) is 6.61 Å². The quantitative estimate of drug-likeness (QED) is 0.602. The fourth-order valence-corrected chi connectivity index (χ4v) is 1.89. The van der Waals surface area contributed by atoms with Gasteiger partial charge in [0, 0.05) is 11.8 Å². The first-order valence-corrected chi connectivity index (χ1v) is 7.55. The van der Waals surface area contributed by atoms with E-state index in [9.17, 15) is 4.79 Å². The minimum absolute atomic E-state index is 0.150. The van der Waals surface area contributed by atoms with E-state index < -0.39 is 0 Å². The molecule has 0 radical (unpaired) electrons. The largest absolute Gasteiger partial charge is 0.494 e. The van der Waals surface area contributed by atoms with Crippen molar-refractivity contribution in [3.05, 3.63) is 66.2 Å². The maximum atomic E-state index is 11.9. The number of carbonyl (C=O) groups is 1. The molecule has 0 aliphatic carbocycles. The van der Waals surface area contributed by atoms with E-state index in [1.54, 1.807) is 6.08 Å². The number of carbonyl (C=O) groups excluding carboxylic acids is 1. The van der Waals surface area contributed by atoms with Crippen molar-refractivity contribution < 1.29 is 9.53 Å².